The maximum atomic E-state index is 11.7. The number of esters is 1. The lowest BCUT2D eigenvalue weighted by atomic mass is 10.2. The number of benzene rings is 1. The fraction of sp³-hybridized carbons (Fsp3) is 0.312. The van der Waals surface area contributed by atoms with Crippen LogP contribution in [0.1, 0.15) is 28.7 Å². The summed E-state index contributed by atoms with van der Waals surface area (Å²) in [6, 6.07) is 7.44. The number of ether oxygens (including phenoxy) is 1. The van der Waals surface area contributed by atoms with Gasteiger partial charge < -0.3 is 9.30 Å². The molecule has 0 atom stereocenters. The largest absolute Gasteiger partial charge is 0.465 e. The summed E-state index contributed by atoms with van der Waals surface area (Å²) in [6.07, 6.45) is 1.79. The highest BCUT2D eigenvalue weighted by molar-refractivity contribution is 5.93. The van der Waals surface area contributed by atoms with E-state index in [-0.39, 0.29) is 5.97 Å². The Labute approximate surface area is 128 Å². The Hall–Kier alpha value is -2.63. The Balaban J connectivity index is 2.01. The molecule has 0 fully saturated rings. The molecule has 6 heteroatoms. The van der Waals surface area contributed by atoms with E-state index in [1.54, 1.807) is 12.4 Å². The summed E-state index contributed by atoms with van der Waals surface area (Å²) in [6.45, 7) is 5.54. The molecule has 0 saturated heterocycles. The van der Waals surface area contributed by atoms with E-state index in [2.05, 4.69) is 23.1 Å². The summed E-state index contributed by atoms with van der Waals surface area (Å²) in [4.78, 5) is 16.1. The Kier molecular flexibility index (Phi) is 3.66. The summed E-state index contributed by atoms with van der Waals surface area (Å²) in [5.74, 6) is -0.343. The third-order valence-electron chi connectivity index (χ3n) is 3.66. The van der Waals surface area contributed by atoms with Crippen LogP contribution in [-0.2, 0) is 17.8 Å². The smallest absolute Gasteiger partial charge is 0.337 e. The maximum Gasteiger partial charge on any atom is 0.337 e. The van der Waals surface area contributed by atoms with Crippen molar-refractivity contribution < 1.29 is 9.53 Å². The van der Waals surface area contributed by atoms with E-state index in [4.69, 9.17) is 4.74 Å². The normalized spacial score (nSPS) is 11.0. The molecule has 3 rings (SSSR count). The lowest BCUT2D eigenvalue weighted by Gasteiger charge is -2.07. The predicted octanol–water partition coefficient (Wildman–Crippen LogP) is 2.40. The van der Waals surface area contributed by atoms with Crippen molar-refractivity contribution in [1.29, 1.82) is 0 Å². The van der Waals surface area contributed by atoms with Gasteiger partial charge in [-0.2, -0.15) is 5.10 Å². The number of carbonyl (C=O) groups excluding carboxylic acids is 1. The van der Waals surface area contributed by atoms with Gasteiger partial charge in [-0.05, 0) is 38.1 Å². The van der Waals surface area contributed by atoms with E-state index in [1.165, 1.54) is 7.11 Å². The monoisotopic (exact) mass is 298 g/mol. The number of nitrogens with zero attached hydrogens (tertiary/aromatic N) is 4. The number of carbonyl (C=O) groups is 1. The fourth-order valence-electron chi connectivity index (χ4n) is 2.60. The van der Waals surface area contributed by atoms with Gasteiger partial charge >= 0.3 is 5.97 Å². The van der Waals surface area contributed by atoms with Crippen molar-refractivity contribution in [3.8, 4) is 0 Å². The second kappa shape index (κ2) is 5.63. The van der Waals surface area contributed by atoms with Crippen LogP contribution < -0.4 is 0 Å². The summed E-state index contributed by atoms with van der Waals surface area (Å²) < 4.78 is 8.77. The first-order valence-corrected chi connectivity index (χ1v) is 7.19. The van der Waals surface area contributed by atoms with Crippen molar-refractivity contribution in [3.05, 3.63) is 47.5 Å². The number of imidazole rings is 1. The molecule has 3 aromatic rings. The second-order valence-electron chi connectivity index (χ2n) is 5.16. The van der Waals surface area contributed by atoms with Crippen LogP contribution in [0.4, 0.5) is 0 Å². The van der Waals surface area contributed by atoms with Gasteiger partial charge in [-0.3, -0.25) is 4.68 Å². The molecular weight excluding hydrogens is 280 g/mol. The number of fused-ring (bicyclic) bond motifs is 1. The van der Waals surface area contributed by atoms with Crippen molar-refractivity contribution in [2.75, 3.05) is 7.11 Å². The van der Waals surface area contributed by atoms with E-state index in [0.29, 0.717) is 12.1 Å². The number of methoxy groups -OCH3 is 1. The topological polar surface area (TPSA) is 61.9 Å². The molecule has 22 heavy (non-hydrogen) atoms. The van der Waals surface area contributed by atoms with Crippen LogP contribution >= 0.6 is 0 Å². The lowest BCUT2D eigenvalue weighted by Crippen LogP contribution is -2.07. The molecule has 0 amide bonds. The number of hydrogen-bond donors (Lipinski definition) is 0. The Bertz CT molecular complexity index is 832. The van der Waals surface area contributed by atoms with Crippen LogP contribution in [0.3, 0.4) is 0 Å². The first-order valence-electron chi connectivity index (χ1n) is 7.19. The highest BCUT2D eigenvalue weighted by Gasteiger charge is 2.11. The van der Waals surface area contributed by atoms with E-state index in [9.17, 15) is 4.79 Å². The zero-order chi connectivity index (χ0) is 15.7. The van der Waals surface area contributed by atoms with Crippen LogP contribution in [0.25, 0.3) is 11.0 Å². The van der Waals surface area contributed by atoms with Gasteiger partial charge in [0.25, 0.3) is 0 Å². The molecule has 2 heterocycles. The quantitative estimate of drug-likeness (QED) is 0.694. The van der Waals surface area contributed by atoms with Gasteiger partial charge in [-0.25, -0.2) is 9.78 Å². The maximum absolute atomic E-state index is 11.7. The van der Waals surface area contributed by atoms with Gasteiger partial charge in [0.05, 0.1) is 48.0 Å². The van der Waals surface area contributed by atoms with Gasteiger partial charge in [-0.1, -0.05) is 0 Å². The molecule has 0 saturated carbocycles. The van der Waals surface area contributed by atoms with E-state index in [1.807, 2.05) is 28.3 Å². The highest BCUT2D eigenvalue weighted by Crippen LogP contribution is 2.17. The fourth-order valence-corrected chi connectivity index (χ4v) is 2.60. The molecule has 0 unspecified atom stereocenters. The standard InChI is InChI=1S/C16H18N4O2/c1-4-20-13(7-11(2)18-20)9-19-10-17-14-6-5-12(8-15(14)19)16(21)22-3/h5-8,10H,4,9H2,1-3H3. The SMILES string of the molecule is CCn1nc(C)cc1Cn1cnc2ccc(C(=O)OC)cc21. The molecule has 0 bridgehead atoms. The first kappa shape index (κ1) is 14.3. The first-order chi connectivity index (χ1) is 10.6. The Morgan fingerprint density at radius 1 is 1.32 bits per heavy atom. The van der Waals surface area contributed by atoms with E-state index >= 15 is 0 Å². The van der Waals surface area contributed by atoms with Gasteiger partial charge in [0.15, 0.2) is 0 Å². The van der Waals surface area contributed by atoms with Gasteiger partial charge in [-0.15, -0.1) is 0 Å². The summed E-state index contributed by atoms with van der Waals surface area (Å²) in [5.41, 5.74) is 4.40. The highest BCUT2D eigenvalue weighted by atomic mass is 16.5. The van der Waals surface area contributed by atoms with Crippen molar-refractivity contribution in [2.24, 2.45) is 0 Å². The third kappa shape index (κ3) is 2.47. The summed E-state index contributed by atoms with van der Waals surface area (Å²) in [5, 5.41) is 4.46. The average Bonchev–Trinajstić information content (AvgIpc) is 3.09. The van der Waals surface area contributed by atoms with Crippen molar-refractivity contribution in [1.82, 2.24) is 19.3 Å². The molecule has 0 spiro atoms. The minimum Gasteiger partial charge on any atom is -0.465 e. The van der Waals surface area contributed by atoms with Crippen LogP contribution in [-0.4, -0.2) is 32.4 Å². The molecule has 6 nitrogen and oxygen atoms in total. The second-order valence-corrected chi connectivity index (χ2v) is 5.16. The minimum absolute atomic E-state index is 0.343. The summed E-state index contributed by atoms with van der Waals surface area (Å²) in [7, 11) is 1.38. The minimum atomic E-state index is -0.343. The molecule has 0 aliphatic heterocycles. The van der Waals surface area contributed by atoms with Crippen LogP contribution in [0, 0.1) is 6.92 Å². The molecular formula is C16H18N4O2. The van der Waals surface area contributed by atoms with Gasteiger partial charge in [0.1, 0.15) is 0 Å². The molecule has 0 aliphatic rings. The van der Waals surface area contributed by atoms with Gasteiger partial charge in [0.2, 0.25) is 0 Å². The third-order valence-corrected chi connectivity index (χ3v) is 3.66. The number of aromatic nitrogens is 4. The predicted molar refractivity (Wildman–Crippen MR) is 82.8 cm³/mol. The summed E-state index contributed by atoms with van der Waals surface area (Å²) >= 11 is 0. The number of rotatable bonds is 4. The Morgan fingerprint density at radius 2 is 2.14 bits per heavy atom. The molecule has 0 radical (unpaired) electrons. The molecule has 0 N–H and O–H groups in total. The van der Waals surface area contributed by atoms with Gasteiger partial charge in [0, 0.05) is 6.54 Å². The van der Waals surface area contributed by atoms with Crippen LogP contribution in [0.5, 0.6) is 0 Å². The number of hydrogen-bond acceptors (Lipinski definition) is 4. The van der Waals surface area contributed by atoms with Crippen molar-refractivity contribution >= 4 is 17.0 Å². The van der Waals surface area contributed by atoms with E-state index in [0.717, 1.165) is 29.0 Å². The lowest BCUT2D eigenvalue weighted by molar-refractivity contribution is 0.0601. The van der Waals surface area contributed by atoms with Crippen molar-refractivity contribution in [2.45, 2.75) is 26.9 Å². The number of aryl methyl sites for hydroxylation is 2. The molecule has 114 valence electrons. The Morgan fingerprint density at radius 3 is 2.86 bits per heavy atom. The average molecular weight is 298 g/mol. The zero-order valence-electron chi connectivity index (χ0n) is 12.9. The molecule has 1 aromatic carbocycles. The molecule has 0 aliphatic carbocycles. The van der Waals surface area contributed by atoms with E-state index < -0.39 is 0 Å². The van der Waals surface area contributed by atoms with Crippen molar-refractivity contribution in [3.63, 3.8) is 0 Å². The van der Waals surface area contributed by atoms with Crippen LogP contribution in [0.15, 0.2) is 30.6 Å². The van der Waals surface area contributed by atoms with Crippen LogP contribution in [0.2, 0.25) is 0 Å². The molecule has 2 aromatic heterocycles. The zero-order valence-corrected chi connectivity index (χ0v) is 12.9.